The molecule has 0 aliphatic carbocycles. The van der Waals surface area contributed by atoms with Crippen LogP contribution >= 0.6 is 21.6 Å². The molecule has 1 fully saturated rings. The number of aromatic nitrogens is 2. The number of carbonyl (C=O) groups is 1. The topological polar surface area (TPSA) is 73.4 Å². The van der Waals surface area contributed by atoms with Gasteiger partial charge in [0.25, 0.3) is 0 Å². The van der Waals surface area contributed by atoms with Gasteiger partial charge < -0.3 is 19.9 Å². The fraction of sp³-hybridized carbons (Fsp3) is 0.444. The minimum absolute atomic E-state index is 0.0167. The second-order valence-electron chi connectivity index (χ2n) is 6.43. The van der Waals surface area contributed by atoms with Crippen molar-refractivity contribution in [3.8, 4) is 17.0 Å². The highest BCUT2D eigenvalue weighted by molar-refractivity contribution is 8.76. The van der Waals surface area contributed by atoms with Crippen molar-refractivity contribution in [2.45, 2.75) is 25.0 Å². The maximum Gasteiger partial charge on any atom is 0.241 e. The molecule has 3 heterocycles. The van der Waals surface area contributed by atoms with E-state index < -0.39 is 6.04 Å². The molecular formula is C18H22N4O2S2. The molecule has 2 unspecified atom stereocenters. The third kappa shape index (κ3) is 3.21. The third-order valence-corrected chi connectivity index (χ3v) is 7.32. The summed E-state index contributed by atoms with van der Waals surface area (Å²) in [5.74, 6) is 3.43. The van der Waals surface area contributed by atoms with Crippen LogP contribution in [-0.2, 0) is 11.3 Å². The minimum Gasteiger partial charge on any atom is -0.496 e. The van der Waals surface area contributed by atoms with E-state index in [4.69, 9.17) is 15.5 Å². The highest BCUT2D eigenvalue weighted by atomic mass is 33.1. The van der Waals surface area contributed by atoms with Gasteiger partial charge in [0, 0.05) is 36.4 Å². The molecule has 1 saturated heterocycles. The van der Waals surface area contributed by atoms with E-state index in [1.54, 1.807) is 28.7 Å². The molecule has 26 heavy (non-hydrogen) atoms. The van der Waals surface area contributed by atoms with E-state index in [0.29, 0.717) is 12.3 Å². The minimum atomic E-state index is -0.441. The number of rotatable bonds is 2. The van der Waals surface area contributed by atoms with E-state index in [9.17, 15) is 4.79 Å². The molecule has 1 amide bonds. The fourth-order valence-electron chi connectivity index (χ4n) is 3.55. The summed E-state index contributed by atoms with van der Waals surface area (Å²) < 4.78 is 7.66. The van der Waals surface area contributed by atoms with Crippen molar-refractivity contribution < 1.29 is 9.53 Å². The number of nitrogens with zero attached hydrogens (tertiary/aromatic N) is 3. The molecule has 2 aliphatic rings. The first-order valence-electron chi connectivity index (χ1n) is 8.70. The van der Waals surface area contributed by atoms with Crippen LogP contribution in [0.5, 0.6) is 5.75 Å². The first-order valence-corrected chi connectivity index (χ1v) is 11.2. The summed E-state index contributed by atoms with van der Waals surface area (Å²) in [5.41, 5.74) is 7.97. The van der Waals surface area contributed by atoms with Crippen molar-refractivity contribution in [2.75, 3.05) is 25.2 Å². The predicted molar refractivity (Wildman–Crippen MR) is 106 cm³/mol. The molecule has 0 spiro atoms. The number of para-hydroxylation sites is 1. The molecule has 1 aromatic carbocycles. The van der Waals surface area contributed by atoms with Gasteiger partial charge in [0.2, 0.25) is 5.91 Å². The summed E-state index contributed by atoms with van der Waals surface area (Å²) in [5, 5.41) is 0. The molecule has 2 aliphatic heterocycles. The van der Waals surface area contributed by atoms with Crippen LogP contribution in [0.15, 0.2) is 30.5 Å². The van der Waals surface area contributed by atoms with Crippen molar-refractivity contribution in [3.63, 3.8) is 0 Å². The summed E-state index contributed by atoms with van der Waals surface area (Å²) in [6.07, 6.45) is 2.96. The Morgan fingerprint density at radius 1 is 1.27 bits per heavy atom. The average Bonchev–Trinajstić information content (AvgIpc) is 3.12. The first-order chi connectivity index (χ1) is 12.7. The lowest BCUT2D eigenvalue weighted by atomic mass is 10.1. The van der Waals surface area contributed by atoms with Gasteiger partial charge in [0.1, 0.15) is 11.6 Å². The van der Waals surface area contributed by atoms with E-state index in [0.717, 1.165) is 41.5 Å². The molecule has 0 radical (unpaired) electrons. The number of methoxy groups -OCH3 is 1. The van der Waals surface area contributed by atoms with E-state index in [-0.39, 0.29) is 11.9 Å². The van der Waals surface area contributed by atoms with Crippen LogP contribution in [0, 0.1) is 0 Å². The van der Waals surface area contributed by atoms with Crippen molar-refractivity contribution in [3.05, 3.63) is 36.3 Å². The highest BCUT2D eigenvalue weighted by Crippen LogP contribution is 2.37. The fourth-order valence-corrected chi connectivity index (χ4v) is 5.74. The molecule has 1 aromatic heterocycles. The zero-order valence-corrected chi connectivity index (χ0v) is 16.3. The van der Waals surface area contributed by atoms with Gasteiger partial charge in [-0.25, -0.2) is 4.98 Å². The zero-order valence-electron chi connectivity index (χ0n) is 14.6. The first kappa shape index (κ1) is 17.8. The van der Waals surface area contributed by atoms with E-state index in [2.05, 4.69) is 10.8 Å². The van der Waals surface area contributed by atoms with E-state index in [1.807, 2.05) is 29.2 Å². The van der Waals surface area contributed by atoms with Crippen molar-refractivity contribution in [1.82, 2.24) is 14.5 Å². The Morgan fingerprint density at radius 3 is 2.96 bits per heavy atom. The Morgan fingerprint density at radius 2 is 2.12 bits per heavy atom. The number of carbonyl (C=O) groups excluding carboxylic acids is 1. The maximum atomic E-state index is 12.8. The lowest BCUT2D eigenvalue weighted by Gasteiger charge is -2.36. The molecule has 4 rings (SSSR count). The number of fused-ring (bicyclic) bond motifs is 3. The van der Waals surface area contributed by atoms with Crippen LogP contribution in [-0.4, -0.2) is 51.6 Å². The van der Waals surface area contributed by atoms with Crippen LogP contribution in [0.4, 0.5) is 0 Å². The number of imidazole rings is 1. The van der Waals surface area contributed by atoms with Gasteiger partial charge >= 0.3 is 0 Å². The van der Waals surface area contributed by atoms with Crippen LogP contribution in [0.25, 0.3) is 11.3 Å². The van der Waals surface area contributed by atoms with E-state index in [1.165, 1.54) is 0 Å². The molecule has 2 atom stereocenters. The van der Waals surface area contributed by atoms with Crippen LogP contribution in [0.3, 0.4) is 0 Å². The Hall–Kier alpha value is -1.64. The van der Waals surface area contributed by atoms with Gasteiger partial charge in [-0.15, -0.1) is 0 Å². The van der Waals surface area contributed by atoms with Crippen LogP contribution < -0.4 is 10.5 Å². The molecule has 2 aromatic rings. The van der Waals surface area contributed by atoms with E-state index >= 15 is 0 Å². The molecule has 138 valence electrons. The highest BCUT2D eigenvalue weighted by Gasteiger charge is 2.35. The second kappa shape index (κ2) is 7.54. The van der Waals surface area contributed by atoms with Crippen LogP contribution in [0.2, 0.25) is 0 Å². The average molecular weight is 391 g/mol. The summed E-state index contributed by atoms with van der Waals surface area (Å²) in [6.45, 7) is 1.42. The van der Waals surface area contributed by atoms with Crippen molar-refractivity contribution in [1.29, 1.82) is 0 Å². The number of hydrogen-bond acceptors (Lipinski definition) is 6. The predicted octanol–water partition coefficient (Wildman–Crippen LogP) is 2.55. The van der Waals surface area contributed by atoms with Gasteiger partial charge in [-0.05, 0) is 18.6 Å². The lowest BCUT2D eigenvalue weighted by molar-refractivity contribution is -0.135. The molecule has 0 bridgehead atoms. The molecule has 2 N–H and O–H groups in total. The normalized spacial score (nSPS) is 23.5. The monoisotopic (exact) mass is 390 g/mol. The van der Waals surface area contributed by atoms with Gasteiger partial charge in [-0.3, -0.25) is 4.79 Å². The van der Waals surface area contributed by atoms with Gasteiger partial charge in [-0.1, -0.05) is 33.7 Å². The quantitative estimate of drug-likeness (QED) is 0.795. The number of amides is 1. The smallest absolute Gasteiger partial charge is 0.241 e. The number of ether oxygens (including phenoxy) is 1. The molecule has 0 saturated carbocycles. The van der Waals surface area contributed by atoms with Crippen molar-refractivity contribution in [2.24, 2.45) is 5.73 Å². The van der Waals surface area contributed by atoms with Crippen LogP contribution in [0.1, 0.15) is 18.3 Å². The summed E-state index contributed by atoms with van der Waals surface area (Å²) in [7, 11) is 5.15. The SMILES string of the molecule is COc1ccccc1-c1cn2c(n1)C1CCSSCC(N)C(=O)N1CC2. The van der Waals surface area contributed by atoms with Gasteiger partial charge in [0.15, 0.2) is 0 Å². The Kier molecular flexibility index (Phi) is 5.15. The number of benzene rings is 1. The maximum absolute atomic E-state index is 12.8. The molecule has 6 nitrogen and oxygen atoms in total. The summed E-state index contributed by atoms with van der Waals surface area (Å²) >= 11 is 0. The Labute approximate surface area is 160 Å². The standard InChI is InChI=1S/C18H22N4O2S2/c1-24-16-5-3-2-4-12(16)14-10-21-7-8-22-15(17(21)20-14)6-9-25-26-11-13(19)18(22)23/h2-5,10,13,15H,6-9,11,19H2,1H3. The molecule has 8 heteroatoms. The number of nitrogens with two attached hydrogens (primary N) is 1. The third-order valence-electron chi connectivity index (χ3n) is 4.85. The van der Waals surface area contributed by atoms with Gasteiger partial charge in [-0.2, -0.15) is 0 Å². The number of hydrogen-bond donors (Lipinski definition) is 1. The lowest BCUT2D eigenvalue weighted by Crippen LogP contribution is -2.50. The largest absolute Gasteiger partial charge is 0.496 e. The molecular weight excluding hydrogens is 368 g/mol. The summed E-state index contributed by atoms with van der Waals surface area (Å²) in [6, 6.07) is 7.43. The Bertz CT molecular complexity index is 810. The van der Waals surface area contributed by atoms with Crippen molar-refractivity contribution >= 4 is 27.5 Å². The van der Waals surface area contributed by atoms with Gasteiger partial charge in [0.05, 0.1) is 24.9 Å². The zero-order chi connectivity index (χ0) is 18.1. The summed E-state index contributed by atoms with van der Waals surface area (Å²) in [4.78, 5) is 19.6. The Balaban J connectivity index is 1.72. The second-order valence-corrected chi connectivity index (χ2v) is 9.05.